The van der Waals surface area contributed by atoms with Crippen LogP contribution in [0.1, 0.15) is 25.0 Å². The maximum atomic E-state index is 6.41. The molecule has 1 heterocycles. The molecule has 0 radical (unpaired) electrons. The van der Waals surface area contributed by atoms with E-state index in [1.54, 1.807) is 0 Å². The smallest absolute Gasteiger partial charge is 0.227 e. The van der Waals surface area contributed by atoms with Crippen LogP contribution in [0.25, 0.3) is 44.5 Å². The monoisotopic (exact) mass is 528 g/mol. The molecule has 7 aromatic rings. The first-order valence-corrected chi connectivity index (χ1v) is 14.1. The first-order chi connectivity index (χ1) is 20.1. The van der Waals surface area contributed by atoms with Gasteiger partial charge in [-0.15, -0.1) is 0 Å². The third kappa shape index (κ3) is 3.70. The van der Waals surface area contributed by atoms with Crippen molar-refractivity contribution >= 4 is 38.9 Å². The Morgan fingerprint density at radius 1 is 0.585 bits per heavy atom. The largest absolute Gasteiger partial charge is 0.435 e. The van der Waals surface area contributed by atoms with Gasteiger partial charge in [0.2, 0.25) is 5.89 Å². The van der Waals surface area contributed by atoms with Gasteiger partial charge in [-0.25, -0.2) is 4.98 Å². The van der Waals surface area contributed by atoms with E-state index in [0.29, 0.717) is 5.89 Å². The first-order valence-electron chi connectivity index (χ1n) is 14.1. The molecule has 0 amide bonds. The van der Waals surface area contributed by atoms with Crippen molar-refractivity contribution in [3.63, 3.8) is 0 Å². The molecule has 6 aromatic carbocycles. The van der Waals surface area contributed by atoms with Crippen molar-refractivity contribution in [2.45, 2.75) is 19.3 Å². The van der Waals surface area contributed by atoms with Gasteiger partial charge in [-0.3, -0.25) is 0 Å². The lowest BCUT2D eigenvalue weighted by atomic mass is 9.82. The van der Waals surface area contributed by atoms with Crippen LogP contribution in [0.4, 0.5) is 17.1 Å². The molecule has 0 bridgehead atoms. The number of nitrogens with zero attached hydrogens (tertiary/aromatic N) is 2. The van der Waals surface area contributed by atoms with E-state index in [9.17, 15) is 0 Å². The minimum atomic E-state index is -0.0759. The van der Waals surface area contributed by atoms with E-state index in [-0.39, 0.29) is 5.41 Å². The summed E-state index contributed by atoms with van der Waals surface area (Å²) in [5.74, 6) is 0.638. The fourth-order valence-corrected chi connectivity index (χ4v) is 6.39. The van der Waals surface area contributed by atoms with Crippen LogP contribution in [0, 0.1) is 0 Å². The zero-order valence-electron chi connectivity index (χ0n) is 23.0. The molecule has 8 rings (SSSR count). The van der Waals surface area contributed by atoms with Gasteiger partial charge in [0.15, 0.2) is 5.58 Å². The Kier molecular flexibility index (Phi) is 5.17. The second-order valence-electron chi connectivity index (χ2n) is 11.3. The van der Waals surface area contributed by atoms with E-state index in [4.69, 9.17) is 9.40 Å². The van der Waals surface area contributed by atoms with E-state index in [1.807, 2.05) is 36.4 Å². The lowest BCUT2D eigenvalue weighted by Gasteiger charge is -2.28. The standard InChI is InChI=1S/C38H28N2O/c1-38(2)33-16-10-9-15-30(33)31-21-20-29(24-34(31)38)40(27-13-7-4-8-14-27)28-19-17-25-18-22-35-36(32(25)23-28)41-37(39-35)26-11-5-3-6-12-26/h3-24H,1-2H3. The fraction of sp³-hybridized carbons (Fsp3) is 0.0789. The summed E-state index contributed by atoms with van der Waals surface area (Å²) in [5.41, 5.74) is 11.2. The first kappa shape index (κ1) is 23.7. The van der Waals surface area contributed by atoms with Crippen LogP contribution in [-0.4, -0.2) is 4.98 Å². The number of fused-ring (bicyclic) bond motifs is 6. The average molecular weight is 529 g/mol. The van der Waals surface area contributed by atoms with E-state index in [2.05, 4.69) is 116 Å². The highest BCUT2D eigenvalue weighted by Crippen LogP contribution is 2.50. The number of aromatic nitrogens is 1. The summed E-state index contributed by atoms with van der Waals surface area (Å²) >= 11 is 0. The SMILES string of the molecule is CC1(C)c2ccccc2-c2ccc(N(c3ccccc3)c3ccc4ccc5nc(-c6ccccc6)oc5c4c3)cc21. The van der Waals surface area contributed by atoms with E-state index >= 15 is 0 Å². The summed E-state index contributed by atoms with van der Waals surface area (Å²) in [6.07, 6.45) is 0. The number of benzene rings is 6. The molecule has 3 nitrogen and oxygen atoms in total. The zero-order chi connectivity index (χ0) is 27.6. The van der Waals surface area contributed by atoms with Gasteiger partial charge in [-0.2, -0.15) is 0 Å². The van der Waals surface area contributed by atoms with Crippen LogP contribution < -0.4 is 4.90 Å². The predicted molar refractivity (Wildman–Crippen MR) is 169 cm³/mol. The molecule has 0 aliphatic heterocycles. The summed E-state index contributed by atoms with van der Waals surface area (Å²) in [6, 6.07) is 47.1. The molecule has 0 saturated heterocycles. The van der Waals surface area contributed by atoms with Crippen LogP contribution >= 0.6 is 0 Å². The minimum Gasteiger partial charge on any atom is -0.435 e. The van der Waals surface area contributed by atoms with Crippen LogP contribution in [0.15, 0.2) is 138 Å². The Morgan fingerprint density at radius 2 is 1.24 bits per heavy atom. The van der Waals surface area contributed by atoms with Gasteiger partial charge >= 0.3 is 0 Å². The molecule has 0 fully saturated rings. The van der Waals surface area contributed by atoms with Crippen molar-refractivity contribution in [1.29, 1.82) is 0 Å². The number of anilines is 3. The normalized spacial score (nSPS) is 13.3. The highest BCUT2D eigenvalue weighted by atomic mass is 16.3. The molecular formula is C38H28N2O. The zero-order valence-corrected chi connectivity index (χ0v) is 23.0. The third-order valence-corrected chi connectivity index (χ3v) is 8.47. The molecule has 0 unspecified atom stereocenters. The maximum absolute atomic E-state index is 6.41. The molecule has 0 atom stereocenters. The van der Waals surface area contributed by atoms with Crippen LogP contribution in [-0.2, 0) is 5.41 Å². The van der Waals surface area contributed by atoms with E-state index in [0.717, 1.165) is 44.5 Å². The second-order valence-corrected chi connectivity index (χ2v) is 11.3. The third-order valence-electron chi connectivity index (χ3n) is 8.47. The Labute approximate surface area is 239 Å². The number of rotatable bonds is 4. The summed E-state index contributed by atoms with van der Waals surface area (Å²) in [6.45, 7) is 4.66. The van der Waals surface area contributed by atoms with Gasteiger partial charge in [0.1, 0.15) is 5.52 Å². The number of hydrogen-bond acceptors (Lipinski definition) is 3. The van der Waals surface area contributed by atoms with Gasteiger partial charge < -0.3 is 9.32 Å². The summed E-state index contributed by atoms with van der Waals surface area (Å²) in [7, 11) is 0. The number of para-hydroxylation sites is 1. The van der Waals surface area contributed by atoms with Crippen LogP contribution in [0.2, 0.25) is 0 Å². The topological polar surface area (TPSA) is 29.3 Å². The summed E-state index contributed by atoms with van der Waals surface area (Å²) in [4.78, 5) is 7.16. The molecule has 1 aliphatic carbocycles. The number of oxazole rings is 1. The Bertz CT molecular complexity index is 2070. The van der Waals surface area contributed by atoms with Gasteiger partial charge in [-0.1, -0.05) is 92.7 Å². The van der Waals surface area contributed by atoms with Crippen molar-refractivity contribution in [2.24, 2.45) is 0 Å². The fourth-order valence-electron chi connectivity index (χ4n) is 6.39. The highest BCUT2D eigenvalue weighted by Gasteiger charge is 2.35. The molecule has 196 valence electrons. The second kappa shape index (κ2) is 8.94. The van der Waals surface area contributed by atoms with Crippen molar-refractivity contribution in [1.82, 2.24) is 4.98 Å². The molecule has 1 aliphatic rings. The predicted octanol–water partition coefficient (Wildman–Crippen LogP) is 10.4. The van der Waals surface area contributed by atoms with E-state index < -0.39 is 0 Å². The average Bonchev–Trinajstić information content (AvgIpc) is 3.56. The van der Waals surface area contributed by atoms with Crippen molar-refractivity contribution in [3.05, 3.63) is 145 Å². The van der Waals surface area contributed by atoms with Gasteiger partial charge in [0, 0.05) is 33.4 Å². The van der Waals surface area contributed by atoms with Gasteiger partial charge in [-0.05, 0) is 82.2 Å². The molecule has 41 heavy (non-hydrogen) atoms. The summed E-state index contributed by atoms with van der Waals surface area (Å²) in [5, 5.41) is 2.17. The minimum absolute atomic E-state index is 0.0759. The van der Waals surface area contributed by atoms with Crippen LogP contribution in [0.3, 0.4) is 0 Å². The molecule has 1 aromatic heterocycles. The van der Waals surface area contributed by atoms with E-state index in [1.165, 1.54) is 22.3 Å². The number of hydrogen-bond donors (Lipinski definition) is 0. The molecule has 0 spiro atoms. The van der Waals surface area contributed by atoms with Crippen molar-refractivity contribution in [2.75, 3.05) is 4.90 Å². The maximum Gasteiger partial charge on any atom is 0.227 e. The Hall–Kier alpha value is -5.15. The quantitative estimate of drug-likeness (QED) is 0.228. The van der Waals surface area contributed by atoms with Gasteiger partial charge in [0.25, 0.3) is 0 Å². The Morgan fingerprint density at radius 3 is 2.07 bits per heavy atom. The molecule has 3 heteroatoms. The molecule has 0 saturated carbocycles. The van der Waals surface area contributed by atoms with Crippen molar-refractivity contribution < 1.29 is 4.42 Å². The van der Waals surface area contributed by atoms with Crippen LogP contribution in [0.5, 0.6) is 0 Å². The Balaban J connectivity index is 1.31. The summed E-state index contributed by atoms with van der Waals surface area (Å²) < 4.78 is 6.41. The van der Waals surface area contributed by atoms with Gasteiger partial charge in [0.05, 0.1) is 0 Å². The molecular weight excluding hydrogens is 500 g/mol. The molecule has 0 N–H and O–H groups in total. The lowest BCUT2D eigenvalue weighted by molar-refractivity contribution is 0.623. The lowest BCUT2D eigenvalue weighted by Crippen LogP contribution is -2.16. The van der Waals surface area contributed by atoms with Crippen molar-refractivity contribution in [3.8, 4) is 22.6 Å². The highest BCUT2D eigenvalue weighted by molar-refractivity contribution is 6.05.